The van der Waals surface area contributed by atoms with Crippen LogP contribution in [0.1, 0.15) is 26.2 Å². The van der Waals surface area contributed by atoms with Gasteiger partial charge >= 0.3 is 18.2 Å². The van der Waals surface area contributed by atoms with Gasteiger partial charge in [-0.25, -0.2) is 4.79 Å². The number of carbonyl (C=O) groups excluding carboxylic acids is 1. The van der Waals surface area contributed by atoms with E-state index < -0.39 is 30.1 Å². The van der Waals surface area contributed by atoms with Crippen molar-refractivity contribution in [3.8, 4) is 0 Å². The summed E-state index contributed by atoms with van der Waals surface area (Å²) in [6.07, 6.45) is -4.26. The van der Waals surface area contributed by atoms with Crippen LogP contribution in [0.15, 0.2) is 0 Å². The second-order valence-corrected chi connectivity index (χ2v) is 4.60. The molecule has 0 spiro atoms. The van der Waals surface area contributed by atoms with E-state index in [9.17, 15) is 22.8 Å². The highest BCUT2D eigenvalue weighted by atomic mass is 19.4. The predicted molar refractivity (Wildman–Crippen MR) is 60.6 cm³/mol. The fourth-order valence-corrected chi connectivity index (χ4v) is 2.25. The fourth-order valence-electron chi connectivity index (χ4n) is 2.25. The number of carbonyl (C=O) groups is 2. The smallest absolute Gasteiger partial charge is 0.393 e. The first kappa shape index (κ1) is 15.6. The highest BCUT2D eigenvalue weighted by Crippen LogP contribution is 2.37. The third kappa shape index (κ3) is 4.29. The number of amides is 2. The molecule has 0 aromatic carbocycles. The van der Waals surface area contributed by atoms with Gasteiger partial charge in [-0.1, -0.05) is 0 Å². The van der Waals surface area contributed by atoms with E-state index in [1.165, 1.54) is 6.92 Å². The van der Waals surface area contributed by atoms with Crippen LogP contribution in [0, 0.1) is 5.92 Å². The molecular weight excluding hydrogens is 265 g/mol. The van der Waals surface area contributed by atoms with Crippen LogP contribution in [0.4, 0.5) is 18.0 Å². The normalized spacial score (nSPS) is 24.1. The third-order valence-corrected chi connectivity index (χ3v) is 3.28. The van der Waals surface area contributed by atoms with Gasteiger partial charge in [0, 0.05) is 19.1 Å². The highest BCUT2D eigenvalue weighted by molar-refractivity contribution is 5.75. The average molecular weight is 282 g/mol. The Balaban J connectivity index is 2.57. The van der Waals surface area contributed by atoms with E-state index in [0.717, 1.165) is 4.90 Å². The molecule has 0 aromatic rings. The molecule has 0 bridgehead atoms. The lowest BCUT2D eigenvalue weighted by atomic mass is 9.90. The fraction of sp³-hybridized carbons (Fsp3) is 0.818. The molecule has 2 N–H and O–H groups in total. The zero-order valence-electron chi connectivity index (χ0n) is 10.5. The molecule has 8 heteroatoms. The van der Waals surface area contributed by atoms with Crippen LogP contribution in [-0.4, -0.2) is 47.3 Å². The van der Waals surface area contributed by atoms with Gasteiger partial charge in [-0.15, -0.1) is 0 Å². The van der Waals surface area contributed by atoms with Crippen molar-refractivity contribution >= 4 is 12.0 Å². The summed E-state index contributed by atoms with van der Waals surface area (Å²) in [5.41, 5.74) is 0. The standard InChI is InChI=1S/C11H17F3N2O3/c1-7-8(11(12,13)14)3-2-6-16(7)10(19)15-5-4-9(17)18/h7-8H,2-6H2,1H3,(H,15,19)(H,17,18). The van der Waals surface area contributed by atoms with E-state index >= 15 is 0 Å². The van der Waals surface area contributed by atoms with Crippen LogP contribution in [0.3, 0.4) is 0 Å². The summed E-state index contributed by atoms with van der Waals surface area (Å²) in [6.45, 7) is 1.54. The first-order valence-corrected chi connectivity index (χ1v) is 6.06. The quantitative estimate of drug-likeness (QED) is 0.829. The number of rotatable bonds is 3. The van der Waals surface area contributed by atoms with E-state index in [2.05, 4.69) is 5.32 Å². The molecule has 19 heavy (non-hydrogen) atoms. The van der Waals surface area contributed by atoms with E-state index in [-0.39, 0.29) is 25.9 Å². The Morgan fingerprint density at radius 3 is 2.58 bits per heavy atom. The largest absolute Gasteiger partial charge is 0.481 e. The summed E-state index contributed by atoms with van der Waals surface area (Å²) in [5.74, 6) is -2.59. The van der Waals surface area contributed by atoms with E-state index in [0.29, 0.717) is 6.42 Å². The molecule has 1 aliphatic rings. The van der Waals surface area contributed by atoms with Gasteiger partial charge in [0.2, 0.25) is 0 Å². The molecule has 2 amide bonds. The Morgan fingerprint density at radius 2 is 2.05 bits per heavy atom. The van der Waals surface area contributed by atoms with Crippen molar-refractivity contribution < 1.29 is 27.9 Å². The number of nitrogens with zero attached hydrogens (tertiary/aromatic N) is 1. The van der Waals surface area contributed by atoms with Gasteiger partial charge in [-0.3, -0.25) is 4.79 Å². The topological polar surface area (TPSA) is 69.6 Å². The minimum Gasteiger partial charge on any atom is -0.481 e. The van der Waals surface area contributed by atoms with Crippen LogP contribution < -0.4 is 5.32 Å². The number of hydrogen-bond acceptors (Lipinski definition) is 2. The maximum atomic E-state index is 12.8. The van der Waals surface area contributed by atoms with Gasteiger partial charge in [0.25, 0.3) is 0 Å². The van der Waals surface area contributed by atoms with E-state index in [1.54, 1.807) is 0 Å². The zero-order chi connectivity index (χ0) is 14.6. The van der Waals surface area contributed by atoms with Crippen molar-refractivity contribution in [2.75, 3.05) is 13.1 Å². The third-order valence-electron chi connectivity index (χ3n) is 3.28. The van der Waals surface area contributed by atoms with Crippen LogP contribution in [0.2, 0.25) is 0 Å². The molecule has 2 unspecified atom stereocenters. The van der Waals surface area contributed by atoms with Crippen LogP contribution in [0.25, 0.3) is 0 Å². The van der Waals surface area contributed by atoms with Crippen molar-refractivity contribution in [3.63, 3.8) is 0 Å². The van der Waals surface area contributed by atoms with Crippen molar-refractivity contribution in [3.05, 3.63) is 0 Å². The van der Waals surface area contributed by atoms with Crippen molar-refractivity contribution in [1.29, 1.82) is 0 Å². The molecule has 0 radical (unpaired) electrons. The Morgan fingerprint density at radius 1 is 1.42 bits per heavy atom. The summed E-state index contributed by atoms with van der Waals surface area (Å²) in [7, 11) is 0. The van der Waals surface area contributed by atoms with Gasteiger partial charge < -0.3 is 15.3 Å². The molecule has 0 aliphatic carbocycles. The molecule has 0 aromatic heterocycles. The lowest BCUT2D eigenvalue weighted by Gasteiger charge is -2.39. The van der Waals surface area contributed by atoms with Crippen LogP contribution in [0.5, 0.6) is 0 Å². The van der Waals surface area contributed by atoms with Gasteiger partial charge in [-0.2, -0.15) is 13.2 Å². The average Bonchev–Trinajstić information content (AvgIpc) is 2.26. The minimum absolute atomic E-state index is 0.0174. The summed E-state index contributed by atoms with van der Waals surface area (Å²) in [5, 5.41) is 10.7. The summed E-state index contributed by atoms with van der Waals surface area (Å²) in [4.78, 5) is 23.1. The van der Waals surface area contributed by atoms with Crippen molar-refractivity contribution in [1.82, 2.24) is 10.2 Å². The molecule has 110 valence electrons. The molecule has 1 saturated heterocycles. The molecule has 1 rings (SSSR count). The number of urea groups is 1. The van der Waals surface area contributed by atoms with E-state index in [1.807, 2.05) is 0 Å². The maximum absolute atomic E-state index is 12.8. The van der Waals surface area contributed by atoms with Gasteiger partial charge in [0.15, 0.2) is 0 Å². The number of hydrogen-bond donors (Lipinski definition) is 2. The molecule has 1 heterocycles. The number of halogens is 3. The Kier molecular flexibility index (Phi) is 5.02. The SMILES string of the molecule is CC1C(C(F)(F)F)CCCN1C(=O)NCCC(=O)O. The Bertz CT molecular complexity index is 347. The number of piperidine rings is 1. The van der Waals surface area contributed by atoms with Crippen molar-refractivity contribution in [2.24, 2.45) is 5.92 Å². The molecule has 1 fully saturated rings. The monoisotopic (exact) mass is 282 g/mol. The van der Waals surface area contributed by atoms with Gasteiger partial charge in [0.05, 0.1) is 12.3 Å². The van der Waals surface area contributed by atoms with Crippen LogP contribution in [-0.2, 0) is 4.79 Å². The summed E-state index contributed by atoms with van der Waals surface area (Å²) < 4.78 is 38.3. The predicted octanol–water partition coefficient (Wildman–Crippen LogP) is 1.83. The van der Waals surface area contributed by atoms with Crippen molar-refractivity contribution in [2.45, 2.75) is 38.4 Å². The van der Waals surface area contributed by atoms with Crippen LogP contribution >= 0.6 is 0 Å². The minimum atomic E-state index is -4.32. The number of nitrogens with one attached hydrogen (secondary N) is 1. The lowest BCUT2D eigenvalue weighted by molar-refractivity contribution is -0.195. The highest BCUT2D eigenvalue weighted by Gasteiger charge is 2.47. The molecule has 5 nitrogen and oxygen atoms in total. The maximum Gasteiger partial charge on any atom is 0.393 e. The molecule has 0 saturated carbocycles. The number of aliphatic carboxylic acids is 1. The lowest BCUT2D eigenvalue weighted by Crippen LogP contribution is -2.54. The van der Waals surface area contributed by atoms with Gasteiger partial charge in [-0.05, 0) is 19.8 Å². The molecular formula is C11H17F3N2O3. The number of likely N-dealkylation sites (tertiary alicyclic amines) is 1. The summed E-state index contributed by atoms with van der Waals surface area (Å²) in [6, 6.07) is -1.57. The first-order valence-electron chi connectivity index (χ1n) is 6.06. The molecule has 1 aliphatic heterocycles. The van der Waals surface area contributed by atoms with Gasteiger partial charge in [0.1, 0.15) is 0 Å². The number of alkyl halides is 3. The second kappa shape index (κ2) is 6.12. The Labute approximate surface area is 108 Å². The Hall–Kier alpha value is -1.47. The number of carboxylic acid groups (broad SMARTS) is 1. The first-order chi connectivity index (χ1) is 8.73. The second-order valence-electron chi connectivity index (χ2n) is 4.60. The number of carboxylic acids is 1. The van der Waals surface area contributed by atoms with E-state index in [4.69, 9.17) is 5.11 Å². The summed E-state index contributed by atoms with van der Waals surface area (Å²) >= 11 is 0. The molecule has 2 atom stereocenters. The zero-order valence-corrected chi connectivity index (χ0v) is 10.5.